The van der Waals surface area contributed by atoms with E-state index in [1.807, 2.05) is 51.6 Å². The molecular weight excluding hydrogens is 240 g/mol. The second-order valence-electron chi connectivity index (χ2n) is 4.69. The Morgan fingerprint density at radius 1 is 1.37 bits per heavy atom. The van der Waals surface area contributed by atoms with Crippen molar-refractivity contribution in [2.24, 2.45) is 7.05 Å². The van der Waals surface area contributed by atoms with Crippen LogP contribution in [-0.4, -0.2) is 33.8 Å². The summed E-state index contributed by atoms with van der Waals surface area (Å²) in [5, 5.41) is 7.27. The van der Waals surface area contributed by atoms with Crippen molar-refractivity contribution in [2.45, 2.75) is 20.0 Å². The van der Waals surface area contributed by atoms with Crippen LogP contribution in [0.25, 0.3) is 0 Å². The molecule has 0 aliphatic carbocycles. The summed E-state index contributed by atoms with van der Waals surface area (Å²) >= 11 is 0. The standard InChI is InChI=1S/C13H20N6/c1-10-12(6-14-2)7-15-13(17-10)18(3)8-11-5-16-19(4)9-11/h5,7,9,14H,6,8H2,1-4H3. The molecule has 0 radical (unpaired) electrons. The van der Waals surface area contributed by atoms with Crippen LogP contribution in [0, 0.1) is 6.92 Å². The number of hydrogen-bond acceptors (Lipinski definition) is 5. The molecule has 0 saturated heterocycles. The summed E-state index contributed by atoms with van der Waals surface area (Å²) in [5.74, 6) is 0.737. The van der Waals surface area contributed by atoms with Gasteiger partial charge in [-0.05, 0) is 14.0 Å². The van der Waals surface area contributed by atoms with E-state index in [4.69, 9.17) is 0 Å². The third-order valence-electron chi connectivity index (χ3n) is 2.96. The Balaban J connectivity index is 2.10. The average Bonchev–Trinajstić information content (AvgIpc) is 2.77. The average molecular weight is 260 g/mol. The zero-order valence-corrected chi connectivity index (χ0v) is 11.9. The van der Waals surface area contributed by atoms with Gasteiger partial charge in [-0.2, -0.15) is 5.10 Å². The molecular formula is C13H20N6. The SMILES string of the molecule is CNCc1cnc(N(C)Cc2cnn(C)c2)nc1C. The lowest BCUT2D eigenvalue weighted by Gasteiger charge is -2.17. The number of aryl methyl sites for hydroxylation is 2. The van der Waals surface area contributed by atoms with E-state index < -0.39 is 0 Å². The number of aromatic nitrogens is 4. The fourth-order valence-electron chi connectivity index (χ4n) is 1.93. The van der Waals surface area contributed by atoms with Gasteiger partial charge in [-0.3, -0.25) is 4.68 Å². The Hall–Kier alpha value is -1.95. The minimum atomic E-state index is 0.737. The maximum atomic E-state index is 4.54. The quantitative estimate of drug-likeness (QED) is 0.864. The first-order chi connectivity index (χ1) is 9.10. The molecule has 0 bridgehead atoms. The minimum Gasteiger partial charge on any atom is -0.339 e. The van der Waals surface area contributed by atoms with E-state index in [0.717, 1.165) is 35.9 Å². The molecule has 0 amide bonds. The Kier molecular flexibility index (Phi) is 4.11. The largest absolute Gasteiger partial charge is 0.339 e. The summed E-state index contributed by atoms with van der Waals surface area (Å²) in [7, 11) is 5.82. The molecule has 0 atom stereocenters. The molecule has 19 heavy (non-hydrogen) atoms. The van der Waals surface area contributed by atoms with Crippen molar-refractivity contribution in [3.63, 3.8) is 0 Å². The zero-order chi connectivity index (χ0) is 13.8. The molecule has 2 rings (SSSR count). The second-order valence-corrected chi connectivity index (χ2v) is 4.69. The maximum absolute atomic E-state index is 4.54. The highest BCUT2D eigenvalue weighted by molar-refractivity contribution is 5.33. The van der Waals surface area contributed by atoms with Crippen molar-refractivity contribution in [2.75, 3.05) is 19.0 Å². The van der Waals surface area contributed by atoms with Crippen molar-refractivity contribution < 1.29 is 0 Å². The van der Waals surface area contributed by atoms with Crippen LogP contribution in [0.5, 0.6) is 0 Å². The van der Waals surface area contributed by atoms with Gasteiger partial charge in [0, 0.05) is 56.4 Å². The van der Waals surface area contributed by atoms with Crippen molar-refractivity contribution in [1.29, 1.82) is 0 Å². The normalized spacial score (nSPS) is 10.7. The molecule has 6 nitrogen and oxygen atoms in total. The van der Waals surface area contributed by atoms with Crippen LogP contribution in [0.15, 0.2) is 18.6 Å². The molecule has 0 unspecified atom stereocenters. The van der Waals surface area contributed by atoms with Crippen LogP contribution in [-0.2, 0) is 20.1 Å². The summed E-state index contributed by atoms with van der Waals surface area (Å²) < 4.78 is 1.80. The molecule has 6 heteroatoms. The van der Waals surface area contributed by atoms with Crippen molar-refractivity contribution >= 4 is 5.95 Å². The van der Waals surface area contributed by atoms with Gasteiger partial charge in [-0.15, -0.1) is 0 Å². The summed E-state index contributed by atoms with van der Waals surface area (Å²) in [6, 6.07) is 0. The first-order valence-corrected chi connectivity index (χ1v) is 6.26. The lowest BCUT2D eigenvalue weighted by molar-refractivity contribution is 0.765. The smallest absolute Gasteiger partial charge is 0.225 e. The van der Waals surface area contributed by atoms with E-state index in [-0.39, 0.29) is 0 Å². The van der Waals surface area contributed by atoms with Crippen LogP contribution in [0.1, 0.15) is 16.8 Å². The molecule has 0 spiro atoms. The fourth-order valence-corrected chi connectivity index (χ4v) is 1.93. The van der Waals surface area contributed by atoms with Gasteiger partial charge in [-0.25, -0.2) is 9.97 Å². The van der Waals surface area contributed by atoms with Gasteiger partial charge >= 0.3 is 0 Å². The first-order valence-electron chi connectivity index (χ1n) is 6.26. The predicted octanol–water partition coefficient (Wildman–Crippen LogP) is 0.874. The Bertz CT molecular complexity index is 548. The van der Waals surface area contributed by atoms with E-state index in [1.54, 1.807) is 4.68 Å². The monoisotopic (exact) mass is 260 g/mol. The van der Waals surface area contributed by atoms with Crippen molar-refractivity contribution in [3.8, 4) is 0 Å². The van der Waals surface area contributed by atoms with Gasteiger partial charge in [0.25, 0.3) is 0 Å². The fraction of sp³-hybridized carbons (Fsp3) is 0.462. The summed E-state index contributed by atoms with van der Waals surface area (Å²) in [5.41, 5.74) is 3.28. The van der Waals surface area contributed by atoms with Gasteiger partial charge in [0.1, 0.15) is 0 Å². The van der Waals surface area contributed by atoms with Gasteiger partial charge in [0.2, 0.25) is 5.95 Å². The molecule has 0 saturated carbocycles. The molecule has 0 aromatic carbocycles. The number of anilines is 1. The summed E-state index contributed by atoms with van der Waals surface area (Å²) in [4.78, 5) is 11.0. The predicted molar refractivity (Wildman–Crippen MR) is 74.8 cm³/mol. The molecule has 0 aliphatic heterocycles. The van der Waals surface area contributed by atoms with Gasteiger partial charge in [-0.1, -0.05) is 0 Å². The highest BCUT2D eigenvalue weighted by Gasteiger charge is 2.08. The first kappa shape index (κ1) is 13.5. The number of rotatable bonds is 5. The zero-order valence-electron chi connectivity index (χ0n) is 11.9. The molecule has 2 heterocycles. The summed E-state index contributed by atoms with van der Waals surface area (Å²) in [6.07, 6.45) is 5.74. The van der Waals surface area contributed by atoms with Crippen LogP contribution in [0.2, 0.25) is 0 Å². The third-order valence-corrected chi connectivity index (χ3v) is 2.96. The molecule has 2 aromatic rings. The van der Waals surface area contributed by atoms with E-state index >= 15 is 0 Å². The summed E-state index contributed by atoms with van der Waals surface area (Å²) in [6.45, 7) is 3.55. The number of hydrogen-bond donors (Lipinski definition) is 1. The van der Waals surface area contributed by atoms with E-state index in [9.17, 15) is 0 Å². The van der Waals surface area contributed by atoms with Crippen LogP contribution in [0.3, 0.4) is 0 Å². The highest BCUT2D eigenvalue weighted by Crippen LogP contribution is 2.12. The lowest BCUT2D eigenvalue weighted by Crippen LogP contribution is -2.20. The van der Waals surface area contributed by atoms with E-state index in [1.165, 1.54) is 0 Å². The Morgan fingerprint density at radius 3 is 2.74 bits per heavy atom. The Morgan fingerprint density at radius 2 is 2.16 bits per heavy atom. The van der Waals surface area contributed by atoms with Crippen LogP contribution >= 0.6 is 0 Å². The second kappa shape index (κ2) is 5.79. The third kappa shape index (κ3) is 3.29. The molecule has 2 aromatic heterocycles. The molecule has 102 valence electrons. The number of nitrogens with one attached hydrogen (secondary N) is 1. The molecule has 0 aliphatic rings. The van der Waals surface area contributed by atoms with Gasteiger partial charge in [0.05, 0.1) is 6.20 Å². The van der Waals surface area contributed by atoms with E-state index in [2.05, 4.69) is 20.4 Å². The van der Waals surface area contributed by atoms with Gasteiger partial charge in [0.15, 0.2) is 0 Å². The maximum Gasteiger partial charge on any atom is 0.225 e. The van der Waals surface area contributed by atoms with Crippen LogP contribution < -0.4 is 10.2 Å². The van der Waals surface area contributed by atoms with E-state index in [0.29, 0.717) is 0 Å². The topological polar surface area (TPSA) is 58.9 Å². The highest BCUT2D eigenvalue weighted by atomic mass is 15.3. The van der Waals surface area contributed by atoms with Crippen molar-refractivity contribution in [3.05, 3.63) is 35.4 Å². The van der Waals surface area contributed by atoms with Gasteiger partial charge < -0.3 is 10.2 Å². The number of nitrogens with zero attached hydrogens (tertiary/aromatic N) is 5. The minimum absolute atomic E-state index is 0.737. The van der Waals surface area contributed by atoms with Crippen LogP contribution in [0.4, 0.5) is 5.95 Å². The molecule has 1 N–H and O–H groups in total. The Labute approximate surface area is 113 Å². The lowest BCUT2D eigenvalue weighted by atomic mass is 10.2. The molecule has 0 fully saturated rings. The van der Waals surface area contributed by atoms with Crippen molar-refractivity contribution in [1.82, 2.24) is 25.1 Å².